The molecule has 0 spiro atoms. The van der Waals surface area contributed by atoms with E-state index in [4.69, 9.17) is 0 Å². The minimum absolute atomic E-state index is 0.150. The van der Waals surface area contributed by atoms with Crippen molar-refractivity contribution in [3.8, 4) is 0 Å². The molecule has 0 aromatic carbocycles. The number of nitrogens with zero attached hydrogens (tertiary/aromatic N) is 2. The molecule has 17 heavy (non-hydrogen) atoms. The Hall–Kier alpha value is -1.74. The maximum absolute atomic E-state index is 4.21. The van der Waals surface area contributed by atoms with Gasteiger partial charge in [-0.25, -0.2) is 0 Å². The van der Waals surface area contributed by atoms with E-state index in [9.17, 15) is 0 Å². The van der Waals surface area contributed by atoms with Gasteiger partial charge in [0.15, 0.2) is 0 Å². The summed E-state index contributed by atoms with van der Waals surface area (Å²) in [5, 5.41) is 3.34. The van der Waals surface area contributed by atoms with Crippen LogP contribution in [0, 0.1) is 13.8 Å². The van der Waals surface area contributed by atoms with Crippen LogP contribution in [-0.4, -0.2) is 17.0 Å². The zero-order valence-corrected chi connectivity index (χ0v) is 10.4. The van der Waals surface area contributed by atoms with Gasteiger partial charge in [0.25, 0.3) is 0 Å². The molecule has 0 bridgehead atoms. The summed E-state index contributed by atoms with van der Waals surface area (Å²) < 4.78 is 0. The molecule has 0 aliphatic heterocycles. The zero-order chi connectivity index (χ0) is 12.3. The summed E-state index contributed by atoms with van der Waals surface area (Å²) >= 11 is 0. The lowest BCUT2D eigenvalue weighted by Crippen LogP contribution is -2.20. The molecule has 0 saturated heterocycles. The van der Waals surface area contributed by atoms with Crippen molar-refractivity contribution in [2.75, 3.05) is 7.05 Å². The largest absolute Gasteiger partial charge is 0.309 e. The fraction of sp³-hybridized carbons (Fsp3) is 0.286. The van der Waals surface area contributed by atoms with E-state index < -0.39 is 0 Å². The molecule has 2 aromatic heterocycles. The molecular formula is C14H17N3. The second kappa shape index (κ2) is 5.06. The second-order valence-corrected chi connectivity index (χ2v) is 4.19. The van der Waals surface area contributed by atoms with Crippen molar-refractivity contribution < 1.29 is 0 Å². The monoisotopic (exact) mass is 227 g/mol. The number of rotatable bonds is 3. The predicted octanol–water partition coefficient (Wildman–Crippen LogP) is 2.40. The highest BCUT2D eigenvalue weighted by molar-refractivity contribution is 5.37. The maximum Gasteiger partial charge on any atom is 0.0610 e. The summed E-state index contributed by atoms with van der Waals surface area (Å²) in [6.45, 7) is 4.21. The standard InChI is InChI=1S/C14H17N3/c1-10-4-6-16-8-12(10)14(15-3)13-9-17-7-5-11(13)2/h4-9,14-15H,1-3H3. The Balaban J connectivity index is 2.48. The van der Waals surface area contributed by atoms with Gasteiger partial charge < -0.3 is 5.32 Å². The molecule has 0 fully saturated rings. The number of nitrogens with one attached hydrogen (secondary N) is 1. The molecular weight excluding hydrogens is 210 g/mol. The van der Waals surface area contributed by atoms with Crippen molar-refractivity contribution in [2.45, 2.75) is 19.9 Å². The lowest BCUT2D eigenvalue weighted by molar-refractivity contribution is 0.677. The van der Waals surface area contributed by atoms with Crippen molar-refractivity contribution in [1.82, 2.24) is 15.3 Å². The molecule has 0 saturated carbocycles. The first-order valence-corrected chi connectivity index (χ1v) is 5.72. The molecule has 3 heteroatoms. The molecule has 0 aliphatic carbocycles. The van der Waals surface area contributed by atoms with Crippen molar-refractivity contribution in [3.63, 3.8) is 0 Å². The average molecular weight is 227 g/mol. The quantitative estimate of drug-likeness (QED) is 0.875. The van der Waals surface area contributed by atoms with Crippen LogP contribution >= 0.6 is 0 Å². The minimum Gasteiger partial charge on any atom is -0.309 e. The van der Waals surface area contributed by atoms with Gasteiger partial charge in [0, 0.05) is 24.8 Å². The van der Waals surface area contributed by atoms with Crippen LogP contribution in [0.1, 0.15) is 28.3 Å². The van der Waals surface area contributed by atoms with Crippen molar-refractivity contribution >= 4 is 0 Å². The number of hydrogen-bond donors (Lipinski definition) is 1. The third-order valence-electron chi connectivity index (χ3n) is 3.07. The van der Waals surface area contributed by atoms with E-state index in [-0.39, 0.29) is 6.04 Å². The Morgan fingerprint density at radius 3 is 1.76 bits per heavy atom. The van der Waals surface area contributed by atoms with Crippen LogP contribution in [0.15, 0.2) is 36.9 Å². The third kappa shape index (κ3) is 2.34. The highest BCUT2D eigenvalue weighted by atomic mass is 14.9. The van der Waals surface area contributed by atoms with Crippen LogP contribution in [0.4, 0.5) is 0 Å². The first-order chi connectivity index (χ1) is 8.24. The first kappa shape index (κ1) is 11.7. The lowest BCUT2D eigenvalue weighted by atomic mass is 9.95. The van der Waals surface area contributed by atoms with Gasteiger partial charge in [-0.1, -0.05) is 0 Å². The predicted molar refractivity (Wildman–Crippen MR) is 68.9 cm³/mol. The summed E-state index contributed by atoms with van der Waals surface area (Å²) in [5.74, 6) is 0. The fourth-order valence-electron chi connectivity index (χ4n) is 2.04. The van der Waals surface area contributed by atoms with E-state index in [1.807, 2.05) is 44.0 Å². The molecule has 0 radical (unpaired) electrons. The zero-order valence-electron chi connectivity index (χ0n) is 10.4. The molecule has 2 rings (SSSR count). The summed E-state index contributed by atoms with van der Waals surface area (Å²) in [6, 6.07) is 4.22. The molecule has 0 amide bonds. The molecule has 1 N–H and O–H groups in total. The van der Waals surface area contributed by atoms with Crippen LogP contribution in [0.2, 0.25) is 0 Å². The van der Waals surface area contributed by atoms with Gasteiger partial charge in [0.2, 0.25) is 0 Å². The average Bonchev–Trinajstić information content (AvgIpc) is 2.34. The van der Waals surface area contributed by atoms with Gasteiger partial charge in [0.05, 0.1) is 6.04 Å². The summed E-state index contributed by atoms with van der Waals surface area (Å²) in [4.78, 5) is 8.42. The molecule has 0 atom stereocenters. The summed E-state index contributed by atoms with van der Waals surface area (Å²) in [6.07, 6.45) is 7.48. The van der Waals surface area contributed by atoms with E-state index in [2.05, 4.69) is 29.1 Å². The smallest absolute Gasteiger partial charge is 0.0610 e. The number of aryl methyl sites for hydroxylation is 2. The fourth-order valence-corrected chi connectivity index (χ4v) is 2.04. The number of aromatic nitrogens is 2. The van der Waals surface area contributed by atoms with Crippen LogP contribution in [0.25, 0.3) is 0 Å². The van der Waals surface area contributed by atoms with E-state index in [1.165, 1.54) is 22.3 Å². The lowest BCUT2D eigenvalue weighted by Gasteiger charge is -2.20. The van der Waals surface area contributed by atoms with Crippen LogP contribution in [-0.2, 0) is 0 Å². The van der Waals surface area contributed by atoms with E-state index >= 15 is 0 Å². The highest BCUT2D eigenvalue weighted by Gasteiger charge is 2.16. The SMILES string of the molecule is CNC(c1cnccc1C)c1cnccc1C. The molecule has 88 valence electrons. The van der Waals surface area contributed by atoms with Gasteiger partial charge in [0.1, 0.15) is 0 Å². The van der Waals surface area contributed by atoms with Gasteiger partial charge >= 0.3 is 0 Å². The van der Waals surface area contributed by atoms with Gasteiger partial charge in [-0.15, -0.1) is 0 Å². The summed E-state index contributed by atoms with van der Waals surface area (Å²) in [7, 11) is 1.96. The Bertz CT molecular complexity index is 463. The van der Waals surface area contributed by atoms with Gasteiger partial charge in [-0.05, 0) is 55.3 Å². The summed E-state index contributed by atoms with van der Waals surface area (Å²) in [5.41, 5.74) is 4.88. The maximum atomic E-state index is 4.21. The molecule has 0 unspecified atom stereocenters. The van der Waals surface area contributed by atoms with Crippen LogP contribution in [0.3, 0.4) is 0 Å². The number of hydrogen-bond acceptors (Lipinski definition) is 3. The van der Waals surface area contributed by atoms with Crippen molar-refractivity contribution in [2.24, 2.45) is 0 Å². The Morgan fingerprint density at radius 2 is 1.41 bits per heavy atom. The van der Waals surface area contributed by atoms with E-state index in [1.54, 1.807) is 0 Å². The third-order valence-corrected chi connectivity index (χ3v) is 3.07. The molecule has 3 nitrogen and oxygen atoms in total. The first-order valence-electron chi connectivity index (χ1n) is 5.72. The Kier molecular flexibility index (Phi) is 3.49. The van der Waals surface area contributed by atoms with E-state index in [0.29, 0.717) is 0 Å². The molecule has 0 aliphatic rings. The second-order valence-electron chi connectivity index (χ2n) is 4.19. The minimum atomic E-state index is 0.150. The topological polar surface area (TPSA) is 37.8 Å². The van der Waals surface area contributed by atoms with Gasteiger partial charge in [-0.2, -0.15) is 0 Å². The van der Waals surface area contributed by atoms with Crippen LogP contribution in [0.5, 0.6) is 0 Å². The Morgan fingerprint density at radius 1 is 0.941 bits per heavy atom. The van der Waals surface area contributed by atoms with Crippen molar-refractivity contribution in [3.05, 3.63) is 59.2 Å². The molecule has 2 aromatic rings. The normalized spacial score (nSPS) is 10.8. The number of pyridine rings is 2. The van der Waals surface area contributed by atoms with Crippen molar-refractivity contribution in [1.29, 1.82) is 0 Å². The van der Waals surface area contributed by atoms with Gasteiger partial charge in [-0.3, -0.25) is 9.97 Å². The molecule has 2 heterocycles. The highest BCUT2D eigenvalue weighted by Crippen LogP contribution is 2.25. The van der Waals surface area contributed by atoms with E-state index in [0.717, 1.165) is 0 Å². The Labute approximate surface area is 102 Å². The van der Waals surface area contributed by atoms with Crippen LogP contribution < -0.4 is 5.32 Å².